The van der Waals surface area contributed by atoms with Crippen LogP contribution in [0.1, 0.15) is 49.8 Å². The predicted octanol–water partition coefficient (Wildman–Crippen LogP) is 4.10. The number of likely N-dealkylation sites (tertiary alicyclic amines) is 1. The molecule has 4 nitrogen and oxygen atoms in total. The zero-order valence-corrected chi connectivity index (χ0v) is 15.8. The van der Waals surface area contributed by atoms with Gasteiger partial charge in [-0.2, -0.15) is 0 Å². The number of carbonyl (C=O) groups is 1. The second-order valence-corrected chi connectivity index (χ2v) is 7.80. The molecule has 1 aliphatic heterocycles. The molecule has 0 unspecified atom stereocenters. The standard InChI is InChI=1S/C23H28N2O2/c26-22(23(13-5-6-14-23)19-9-2-1-3-10-19)25-16-8-12-21(17-25)27-18-20-11-4-7-15-24-20/h1-4,7,9-11,15,21H,5-6,8,12-14,16-18H2/t21-/m1/s1. The Morgan fingerprint density at radius 3 is 2.59 bits per heavy atom. The molecule has 1 aromatic carbocycles. The third-order valence-electron chi connectivity index (χ3n) is 6.05. The van der Waals surface area contributed by atoms with Crippen LogP contribution in [-0.2, 0) is 21.6 Å². The lowest BCUT2D eigenvalue weighted by Crippen LogP contribution is -2.51. The van der Waals surface area contributed by atoms with Gasteiger partial charge in [0.1, 0.15) is 0 Å². The molecule has 1 aromatic heterocycles. The molecule has 2 fully saturated rings. The summed E-state index contributed by atoms with van der Waals surface area (Å²) in [7, 11) is 0. The van der Waals surface area contributed by atoms with Crippen molar-refractivity contribution in [1.29, 1.82) is 0 Å². The molecule has 27 heavy (non-hydrogen) atoms. The van der Waals surface area contributed by atoms with Crippen LogP contribution in [0.2, 0.25) is 0 Å². The molecular formula is C23H28N2O2. The minimum atomic E-state index is -0.329. The summed E-state index contributed by atoms with van der Waals surface area (Å²) in [5, 5.41) is 0. The fourth-order valence-corrected chi connectivity index (χ4v) is 4.61. The van der Waals surface area contributed by atoms with Crippen LogP contribution in [0.15, 0.2) is 54.7 Å². The third kappa shape index (κ3) is 3.91. The summed E-state index contributed by atoms with van der Waals surface area (Å²) in [6.07, 6.45) is 8.09. The van der Waals surface area contributed by atoms with Crippen molar-refractivity contribution in [3.8, 4) is 0 Å². The van der Waals surface area contributed by atoms with Gasteiger partial charge >= 0.3 is 0 Å². The van der Waals surface area contributed by atoms with Crippen molar-refractivity contribution >= 4 is 5.91 Å². The highest BCUT2D eigenvalue weighted by molar-refractivity contribution is 5.88. The number of benzene rings is 1. The lowest BCUT2D eigenvalue weighted by atomic mass is 9.77. The van der Waals surface area contributed by atoms with Gasteiger partial charge in [-0.25, -0.2) is 0 Å². The van der Waals surface area contributed by atoms with Crippen LogP contribution < -0.4 is 0 Å². The Morgan fingerprint density at radius 1 is 1.07 bits per heavy atom. The molecule has 2 aliphatic rings. The lowest BCUT2D eigenvalue weighted by Gasteiger charge is -2.39. The number of rotatable bonds is 5. The van der Waals surface area contributed by atoms with Crippen molar-refractivity contribution in [2.24, 2.45) is 0 Å². The highest BCUT2D eigenvalue weighted by Gasteiger charge is 2.45. The second-order valence-electron chi connectivity index (χ2n) is 7.80. The molecule has 1 saturated carbocycles. The van der Waals surface area contributed by atoms with Gasteiger partial charge in [-0.05, 0) is 43.4 Å². The van der Waals surface area contributed by atoms with E-state index in [-0.39, 0.29) is 11.5 Å². The highest BCUT2D eigenvalue weighted by atomic mass is 16.5. The van der Waals surface area contributed by atoms with Crippen molar-refractivity contribution < 1.29 is 9.53 Å². The number of ether oxygens (including phenoxy) is 1. The van der Waals surface area contributed by atoms with Gasteiger partial charge in [0.2, 0.25) is 5.91 Å². The van der Waals surface area contributed by atoms with Crippen LogP contribution in [0.4, 0.5) is 0 Å². The van der Waals surface area contributed by atoms with Crippen molar-refractivity contribution in [1.82, 2.24) is 9.88 Å². The van der Waals surface area contributed by atoms with E-state index in [1.54, 1.807) is 6.20 Å². The number of amides is 1. The Hall–Kier alpha value is -2.20. The van der Waals surface area contributed by atoms with Gasteiger partial charge in [-0.1, -0.05) is 49.2 Å². The summed E-state index contributed by atoms with van der Waals surface area (Å²) >= 11 is 0. The third-order valence-corrected chi connectivity index (χ3v) is 6.05. The van der Waals surface area contributed by atoms with Gasteiger partial charge in [0.05, 0.1) is 23.8 Å². The molecule has 4 heteroatoms. The van der Waals surface area contributed by atoms with Crippen molar-refractivity contribution in [2.75, 3.05) is 13.1 Å². The highest BCUT2D eigenvalue weighted by Crippen LogP contribution is 2.43. The van der Waals surface area contributed by atoms with Crippen LogP contribution in [-0.4, -0.2) is 35.0 Å². The van der Waals surface area contributed by atoms with Crippen LogP contribution >= 0.6 is 0 Å². The molecular weight excluding hydrogens is 336 g/mol. The monoisotopic (exact) mass is 364 g/mol. The number of piperidine rings is 1. The summed E-state index contributed by atoms with van der Waals surface area (Å²) in [4.78, 5) is 20.0. The van der Waals surface area contributed by atoms with E-state index in [1.807, 2.05) is 24.3 Å². The van der Waals surface area contributed by atoms with Gasteiger partial charge in [0.25, 0.3) is 0 Å². The molecule has 1 aliphatic carbocycles. The molecule has 2 aromatic rings. The predicted molar refractivity (Wildman–Crippen MR) is 105 cm³/mol. The Balaban J connectivity index is 1.44. The molecule has 1 atom stereocenters. The SMILES string of the molecule is O=C(N1CCC[C@@H](OCc2ccccn2)C1)C1(c2ccccc2)CCCC1. The van der Waals surface area contributed by atoms with Crippen LogP contribution in [0.3, 0.4) is 0 Å². The van der Waals surface area contributed by atoms with Crippen molar-refractivity contribution in [3.63, 3.8) is 0 Å². The van der Waals surface area contributed by atoms with Crippen LogP contribution in [0.25, 0.3) is 0 Å². The largest absolute Gasteiger partial charge is 0.370 e. The van der Waals surface area contributed by atoms with Gasteiger partial charge in [-0.3, -0.25) is 9.78 Å². The van der Waals surface area contributed by atoms with Gasteiger partial charge < -0.3 is 9.64 Å². The number of hydrogen-bond acceptors (Lipinski definition) is 3. The summed E-state index contributed by atoms with van der Waals surface area (Å²) in [6.45, 7) is 2.05. The Morgan fingerprint density at radius 2 is 1.85 bits per heavy atom. The summed E-state index contributed by atoms with van der Waals surface area (Å²) in [5.41, 5.74) is 1.80. The zero-order chi connectivity index (χ0) is 18.5. The lowest BCUT2D eigenvalue weighted by molar-refractivity contribution is -0.141. The van der Waals surface area contributed by atoms with E-state index in [9.17, 15) is 4.79 Å². The normalized spacial score (nSPS) is 21.9. The fourth-order valence-electron chi connectivity index (χ4n) is 4.61. The van der Waals surface area contributed by atoms with E-state index in [0.29, 0.717) is 19.1 Å². The molecule has 0 radical (unpaired) electrons. The molecule has 1 amide bonds. The number of hydrogen-bond donors (Lipinski definition) is 0. The minimum Gasteiger partial charge on any atom is -0.370 e. The smallest absolute Gasteiger partial charge is 0.233 e. The van der Waals surface area contributed by atoms with Gasteiger partial charge in [-0.15, -0.1) is 0 Å². The summed E-state index contributed by atoms with van der Waals surface area (Å²) in [6, 6.07) is 16.3. The Bertz CT molecular complexity index is 741. The Labute approximate surface area is 161 Å². The number of carbonyl (C=O) groups excluding carboxylic acids is 1. The first-order chi connectivity index (χ1) is 13.3. The maximum atomic E-state index is 13.6. The first kappa shape index (κ1) is 18.2. The van der Waals surface area contributed by atoms with E-state index in [1.165, 1.54) is 5.56 Å². The van der Waals surface area contributed by atoms with E-state index in [2.05, 4.69) is 34.1 Å². The topological polar surface area (TPSA) is 42.4 Å². The van der Waals surface area contributed by atoms with E-state index in [0.717, 1.165) is 50.8 Å². The fraction of sp³-hybridized carbons (Fsp3) is 0.478. The average molecular weight is 364 g/mol. The first-order valence-electron chi connectivity index (χ1n) is 10.1. The molecule has 0 bridgehead atoms. The maximum Gasteiger partial charge on any atom is 0.233 e. The van der Waals surface area contributed by atoms with E-state index in [4.69, 9.17) is 4.74 Å². The number of nitrogens with zero attached hydrogens (tertiary/aromatic N) is 2. The van der Waals surface area contributed by atoms with Gasteiger partial charge in [0, 0.05) is 19.3 Å². The van der Waals surface area contributed by atoms with Crippen LogP contribution in [0, 0.1) is 0 Å². The molecule has 4 rings (SSSR count). The summed E-state index contributed by atoms with van der Waals surface area (Å²) in [5.74, 6) is 0.303. The quantitative estimate of drug-likeness (QED) is 0.802. The molecule has 0 spiro atoms. The second kappa shape index (κ2) is 8.22. The van der Waals surface area contributed by atoms with Crippen molar-refractivity contribution in [2.45, 2.75) is 56.7 Å². The number of aromatic nitrogens is 1. The van der Waals surface area contributed by atoms with Gasteiger partial charge in [0.15, 0.2) is 0 Å². The van der Waals surface area contributed by atoms with Crippen LogP contribution in [0.5, 0.6) is 0 Å². The average Bonchev–Trinajstić information content (AvgIpc) is 3.24. The zero-order valence-electron chi connectivity index (χ0n) is 15.8. The molecule has 1 saturated heterocycles. The number of pyridine rings is 1. The van der Waals surface area contributed by atoms with Crippen molar-refractivity contribution in [3.05, 3.63) is 66.0 Å². The molecule has 0 N–H and O–H groups in total. The first-order valence-corrected chi connectivity index (χ1v) is 10.1. The van der Waals surface area contributed by atoms with E-state index < -0.39 is 0 Å². The van der Waals surface area contributed by atoms with E-state index >= 15 is 0 Å². The summed E-state index contributed by atoms with van der Waals surface area (Å²) < 4.78 is 6.09. The molecule has 142 valence electrons. The molecule has 2 heterocycles. The minimum absolute atomic E-state index is 0.0962. The maximum absolute atomic E-state index is 13.6. The Kier molecular flexibility index (Phi) is 5.53.